The maximum absolute atomic E-state index is 13.5. The Labute approximate surface area is 110 Å². The van der Waals surface area contributed by atoms with Crippen LogP contribution in [0.5, 0.6) is 0 Å². The summed E-state index contributed by atoms with van der Waals surface area (Å²) in [7, 11) is 0. The van der Waals surface area contributed by atoms with Gasteiger partial charge in [0.25, 0.3) is 5.56 Å². The second-order valence-electron chi connectivity index (χ2n) is 3.87. The molecule has 0 amide bonds. The molecule has 1 aromatic heterocycles. The van der Waals surface area contributed by atoms with Crippen molar-refractivity contribution in [3.63, 3.8) is 0 Å². The Balaban J connectivity index is 2.62. The number of aromatic amines is 1. The number of rotatable bonds is 4. The summed E-state index contributed by atoms with van der Waals surface area (Å²) >= 11 is 0. The number of aliphatic carboxylic acids is 1. The van der Waals surface area contributed by atoms with Gasteiger partial charge < -0.3 is 5.11 Å². The lowest BCUT2D eigenvalue weighted by atomic mass is 10.2. The predicted octanol–water partition coefficient (Wildman–Crippen LogP) is 0.840. The van der Waals surface area contributed by atoms with E-state index in [-0.39, 0.29) is 11.3 Å². The molecule has 2 aromatic rings. The van der Waals surface area contributed by atoms with Crippen molar-refractivity contribution in [2.75, 3.05) is 0 Å². The average molecular weight is 281 g/mol. The standard InChI is InChI=1S/C11H8FN3O5/c12-7-2-1-3-8(10(7)15(19)20)14-11(18)6(5-13-14)4-9(16)17/h1-3,5,13H,4H2,(H,16,17). The molecule has 8 nitrogen and oxygen atoms in total. The van der Waals surface area contributed by atoms with Crippen molar-refractivity contribution in [2.24, 2.45) is 0 Å². The zero-order valence-electron chi connectivity index (χ0n) is 9.87. The van der Waals surface area contributed by atoms with E-state index in [1.807, 2.05) is 0 Å². The number of carboxylic acid groups (broad SMARTS) is 1. The number of hydrogen-bond donors (Lipinski definition) is 2. The molecule has 0 aliphatic carbocycles. The third-order valence-electron chi connectivity index (χ3n) is 2.58. The highest BCUT2D eigenvalue weighted by Crippen LogP contribution is 2.24. The largest absolute Gasteiger partial charge is 0.481 e. The van der Waals surface area contributed by atoms with Gasteiger partial charge in [-0.05, 0) is 12.1 Å². The van der Waals surface area contributed by atoms with Gasteiger partial charge in [-0.15, -0.1) is 0 Å². The van der Waals surface area contributed by atoms with E-state index in [1.165, 1.54) is 12.1 Å². The molecule has 0 bridgehead atoms. The lowest BCUT2D eigenvalue weighted by Crippen LogP contribution is -2.20. The summed E-state index contributed by atoms with van der Waals surface area (Å²) in [5, 5.41) is 21.9. The van der Waals surface area contributed by atoms with Crippen LogP contribution in [0.2, 0.25) is 0 Å². The summed E-state index contributed by atoms with van der Waals surface area (Å²) < 4.78 is 14.2. The van der Waals surface area contributed by atoms with Crippen molar-refractivity contribution in [2.45, 2.75) is 6.42 Å². The molecule has 0 saturated carbocycles. The van der Waals surface area contributed by atoms with E-state index in [0.717, 1.165) is 16.9 Å². The van der Waals surface area contributed by atoms with E-state index in [4.69, 9.17) is 5.11 Å². The third-order valence-corrected chi connectivity index (χ3v) is 2.58. The van der Waals surface area contributed by atoms with Crippen LogP contribution in [-0.2, 0) is 11.2 Å². The molecule has 0 saturated heterocycles. The normalized spacial score (nSPS) is 10.4. The topological polar surface area (TPSA) is 118 Å². The SMILES string of the molecule is O=C(O)Cc1c[nH]n(-c2cccc(F)c2[N+](=O)[O-])c1=O. The van der Waals surface area contributed by atoms with E-state index in [9.17, 15) is 24.1 Å². The Hall–Kier alpha value is -2.97. The molecule has 20 heavy (non-hydrogen) atoms. The second-order valence-corrected chi connectivity index (χ2v) is 3.87. The monoisotopic (exact) mass is 281 g/mol. The lowest BCUT2D eigenvalue weighted by Gasteiger charge is -2.03. The highest BCUT2D eigenvalue weighted by molar-refractivity contribution is 5.70. The zero-order valence-corrected chi connectivity index (χ0v) is 9.87. The van der Waals surface area contributed by atoms with Gasteiger partial charge in [0.05, 0.1) is 11.3 Å². The van der Waals surface area contributed by atoms with Gasteiger partial charge in [-0.3, -0.25) is 24.8 Å². The highest BCUT2D eigenvalue weighted by Gasteiger charge is 2.23. The van der Waals surface area contributed by atoms with Crippen LogP contribution in [0.1, 0.15) is 5.56 Å². The fourth-order valence-electron chi connectivity index (χ4n) is 1.74. The van der Waals surface area contributed by atoms with E-state index in [1.54, 1.807) is 0 Å². The van der Waals surface area contributed by atoms with Crippen LogP contribution in [0, 0.1) is 15.9 Å². The number of carboxylic acids is 1. The van der Waals surface area contributed by atoms with Crippen LogP contribution in [0.3, 0.4) is 0 Å². The number of nitro benzene ring substituents is 1. The minimum Gasteiger partial charge on any atom is -0.481 e. The molecule has 0 aliphatic heterocycles. The summed E-state index contributed by atoms with van der Waals surface area (Å²) in [6.45, 7) is 0. The number of carbonyl (C=O) groups is 1. The molecule has 0 fully saturated rings. The van der Waals surface area contributed by atoms with Gasteiger partial charge in [0.15, 0.2) is 0 Å². The molecule has 0 atom stereocenters. The van der Waals surface area contributed by atoms with Crippen molar-refractivity contribution >= 4 is 11.7 Å². The van der Waals surface area contributed by atoms with Crippen molar-refractivity contribution in [1.29, 1.82) is 0 Å². The average Bonchev–Trinajstić information content (AvgIpc) is 2.69. The zero-order chi connectivity index (χ0) is 14.9. The van der Waals surface area contributed by atoms with Gasteiger partial charge >= 0.3 is 11.7 Å². The van der Waals surface area contributed by atoms with Crippen molar-refractivity contribution in [1.82, 2.24) is 9.78 Å². The number of para-hydroxylation sites is 1. The number of nitro groups is 1. The lowest BCUT2D eigenvalue weighted by molar-refractivity contribution is -0.387. The van der Waals surface area contributed by atoms with Crippen molar-refractivity contribution in [3.8, 4) is 5.69 Å². The molecule has 0 aliphatic rings. The predicted molar refractivity (Wildman–Crippen MR) is 64.3 cm³/mol. The van der Waals surface area contributed by atoms with Crippen molar-refractivity contribution in [3.05, 3.63) is 56.2 Å². The Morgan fingerprint density at radius 3 is 2.80 bits per heavy atom. The van der Waals surface area contributed by atoms with Crippen LogP contribution in [0.15, 0.2) is 29.2 Å². The summed E-state index contributed by atoms with van der Waals surface area (Å²) in [6.07, 6.45) is 0.580. The minimum atomic E-state index is -1.22. The summed E-state index contributed by atoms with van der Waals surface area (Å²) in [5.74, 6) is -2.31. The molecule has 0 radical (unpaired) electrons. The Bertz CT molecular complexity index is 749. The van der Waals surface area contributed by atoms with E-state index < -0.39 is 34.4 Å². The highest BCUT2D eigenvalue weighted by atomic mass is 19.1. The molecule has 2 N–H and O–H groups in total. The van der Waals surface area contributed by atoms with Gasteiger partial charge in [-0.25, -0.2) is 4.68 Å². The van der Waals surface area contributed by atoms with Gasteiger partial charge in [0.1, 0.15) is 5.69 Å². The molecule has 104 valence electrons. The maximum Gasteiger partial charge on any atom is 0.330 e. The molecule has 1 aromatic carbocycles. The summed E-state index contributed by atoms with van der Waals surface area (Å²) in [4.78, 5) is 32.4. The molecule has 0 unspecified atom stereocenters. The quantitative estimate of drug-likeness (QED) is 0.635. The molecule has 1 heterocycles. The smallest absolute Gasteiger partial charge is 0.330 e. The number of nitrogens with zero attached hydrogens (tertiary/aromatic N) is 2. The number of halogens is 1. The first kappa shape index (κ1) is 13.5. The Kier molecular flexibility index (Phi) is 3.34. The van der Waals surface area contributed by atoms with Gasteiger partial charge in [0.2, 0.25) is 5.82 Å². The Morgan fingerprint density at radius 2 is 2.20 bits per heavy atom. The molecule has 0 spiro atoms. The molecule has 2 rings (SSSR count). The fourth-order valence-corrected chi connectivity index (χ4v) is 1.74. The molecular formula is C11H8FN3O5. The summed E-state index contributed by atoms with van der Waals surface area (Å²) in [6, 6.07) is 3.29. The number of benzene rings is 1. The van der Waals surface area contributed by atoms with Crippen molar-refractivity contribution < 1.29 is 19.2 Å². The van der Waals surface area contributed by atoms with Crippen LogP contribution in [0.25, 0.3) is 5.69 Å². The van der Waals surface area contributed by atoms with Crippen LogP contribution in [0.4, 0.5) is 10.1 Å². The number of aromatic nitrogens is 2. The minimum absolute atomic E-state index is 0.0870. The first-order valence-corrected chi connectivity index (χ1v) is 5.36. The van der Waals surface area contributed by atoms with Gasteiger partial charge in [-0.1, -0.05) is 6.07 Å². The number of H-pyrrole nitrogens is 1. The van der Waals surface area contributed by atoms with E-state index in [2.05, 4.69) is 5.10 Å². The second kappa shape index (κ2) is 4.96. The van der Waals surface area contributed by atoms with Gasteiger partial charge in [-0.2, -0.15) is 4.39 Å². The maximum atomic E-state index is 13.5. The Morgan fingerprint density at radius 1 is 1.50 bits per heavy atom. The fraction of sp³-hybridized carbons (Fsp3) is 0.0909. The van der Waals surface area contributed by atoms with Gasteiger partial charge in [0, 0.05) is 11.8 Å². The summed E-state index contributed by atoms with van der Waals surface area (Å²) in [5.41, 5.74) is -2.02. The first-order chi connectivity index (χ1) is 9.41. The third kappa shape index (κ3) is 2.28. The number of nitrogens with one attached hydrogen (secondary N) is 1. The first-order valence-electron chi connectivity index (χ1n) is 5.36. The molecule has 9 heteroatoms. The molecular weight excluding hydrogens is 273 g/mol. The van der Waals surface area contributed by atoms with Crippen LogP contribution in [-0.4, -0.2) is 25.8 Å². The van der Waals surface area contributed by atoms with E-state index >= 15 is 0 Å². The van der Waals surface area contributed by atoms with Crippen LogP contribution >= 0.6 is 0 Å². The van der Waals surface area contributed by atoms with Crippen LogP contribution < -0.4 is 5.56 Å². The number of hydrogen-bond acceptors (Lipinski definition) is 4. The van der Waals surface area contributed by atoms with E-state index in [0.29, 0.717) is 0 Å².